The molecular formula is C13H23NO4S. The third kappa shape index (κ3) is 3.35. The number of sulfonamides is 1. The van der Waals surface area contributed by atoms with Crippen LogP contribution in [0.25, 0.3) is 0 Å². The molecule has 0 aromatic rings. The lowest BCUT2D eigenvalue weighted by Gasteiger charge is -2.27. The summed E-state index contributed by atoms with van der Waals surface area (Å²) in [6.45, 7) is 3.17. The Labute approximate surface area is 115 Å². The van der Waals surface area contributed by atoms with Gasteiger partial charge in [0.05, 0.1) is 12.4 Å². The molecule has 2 aliphatic rings. The van der Waals surface area contributed by atoms with Crippen LogP contribution in [0.15, 0.2) is 0 Å². The summed E-state index contributed by atoms with van der Waals surface area (Å²) in [5.41, 5.74) is 0. The molecule has 0 spiro atoms. The van der Waals surface area contributed by atoms with Crippen LogP contribution in [0.2, 0.25) is 0 Å². The van der Waals surface area contributed by atoms with Crippen molar-refractivity contribution < 1.29 is 17.9 Å². The number of ether oxygens (including phenoxy) is 1. The Morgan fingerprint density at radius 1 is 1.32 bits per heavy atom. The first-order chi connectivity index (χ1) is 9.06. The Balaban J connectivity index is 2.03. The highest BCUT2D eigenvalue weighted by Gasteiger charge is 2.42. The Morgan fingerprint density at radius 3 is 2.74 bits per heavy atom. The van der Waals surface area contributed by atoms with Gasteiger partial charge in [-0.05, 0) is 32.6 Å². The number of Topliss-reactive ketones (excluding diaryl/α,β-unsaturated/α-hetero) is 1. The molecule has 1 saturated carbocycles. The van der Waals surface area contributed by atoms with Crippen molar-refractivity contribution >= 4 is 15.8 Å². The molecule has 0 radical (unpaired) electrons. The third-order valence-corrected chi connectivity index (χ3v) is 5.96. The lowest BCUT2D eigenvalue weighted by Crippen LogP contribution is -2.43. The van der Waals surface area contributed by atoms with Crippen LogP contribution in [0.1, 0.15) is 39.0 Å². The molecule has 0 N–H and O–H groups in total. The zero-order valence-corrected chi connectivity index (χ0v) is 12.3. The monoisotopic (exact) mass is 289 g/mol. The van der Waals surface area contributed by atoms with Crippen LogP contribution >= 0.6 is 0 Å². The zero-order chi connectivity index (χ0) is 13.9. The molecule has 2 atom stereocenters. The van der Waals surface area contributed by atoms with Gasteiger partial charge in [-0.25, -0.2) is 8.42 Å². The first kappa shape index (κ1) is 14.9. The minimum absolute atomic E-state index is 0.0260. The van der Waals surface area contributed by atoms with Crippen molar-refractivity contribution in [1.82, 2.24) is 4.31 Å². The van der Waals surface area contributed by atoms with Gasteiger partial charge in [0, 0.05) is 31.5 Å². The molecule has 2 fully saturated rings. The lowest BCUT2D eigenvalue weighted by molar-refractivity contribution is -0.121. The van der Waals surface area contributed by atoms with Gasteiger partial charge in [0.1, 0.15) is 5.78 Å². The van der Waals surface area contributed by atoms with Crippen LogP contribution in [0, 0.1) is 5.92 Å². The molecule has 0 aromatic carbocycles. The van der Waals surface area contributed by atoms with Crippen molar-refractivity contribution in [3.63, 3.8) is 0 Å². The second-order valence-corrected chi connectivity index (χ2v) is 7.34. The number of hydrogen-bond donors (Lipinski definition) is 0. The fourth-order valence-corrected chi connectivity index (χ4v) is 4.82. The van der Waals surface area contributed by atoms with Gasteiger partial charge in [-0.3, -0.25) is 4.79 Å². The molecule has 2 unspecified atom stereocenters. The normalized spacial score (nSPS) is 29.2. The van der Waals surface area contributed by atoms with Crippen LogP contribution in [0.3, 0.4) is 0 Å². The highest BCUT2D eigenvalue weighted by Crippen LogP contribution is 2.34. The lowest BCUT2D eigenvalue weighted by atomic mass is 9.96. The molecule has 110 valence electrons. The zero-order valence-electron chi connectivity index (χ0n) is 11.5. The molecule has 5 nitrogen and oxygen atoms in total. The van der Waals surface area contributed by atoms with E-state index in [1.807, 2.05) is 6.92 Å². The first-order valence-corrected chi connectivity index (χ1v) is 8.77. The van der Waals surface area contributed by atoms with Gasteiger partial charge in [-0.2, -0.15) is 4.31 Å². The summed E-state index contributed by atoms with van der Waals surface area (Å²) in [4.78, 5) is 11.8. The van der Waals surface area contributed by atoms with Crippen LogP contribution in [0.4, 0.5) is 0 Å². The van der Waals surface area contributed by atoms with E-state index in [4.69, 9.17) is 4.74 Å². The van der Waals surface area contributed by atoms with Crippen molar-refractivity contribution in [2.45, 2.75) is 45.1 Å². The van der Waals surface area contributed by atoms with Gasteiger partial charge in [-0.15, -0.1) is 0 Å². The number of carbonyl (C=O) groups is 1. The van der Waals surface area contributed by atoms with Crippen molar-refractivity contribution in [3.05, 3.63) is 0 Å². The highest BCUT2D eigenvalue weighted by molar-refractivity contribution is 7.89. The molecule has 0 amide bonds. The summed E-state index contributed by atoms with van der Waals surface area (Å²) < 4.78 is 31.3. The summed E-state index contributed by atoms with van der Waals surface area (Å²) in [6, 6.07) is -0.0957. The molecule has 2 rings (SSSR count). The SMILES string of the molecule is CCOCCS(=O)(=O)N1CCCC1C1CCCC1=O. The minimum Gasteiger partial charge on any atom is -0.381 e. The molecule has 6 heteroatoms. The van der Waals surface area contributed by atoms with Crippen LogP contribution in [0.5, 0.6) is 0 Å². The summed E-state index contributed by atoms with van der Waals surface area (Å²) >= 11 is 0. The molecule has 1 aliphatic heterocycles. The second-order valence-electron chi connectivity index (χ2n) is 5.30. The van der Waals surface area contributed by atoms with Crippen molar-refractivity contribution in [2.24, 2.45) is 5.92 Å². The topological polar surface area (TPSA) is 63.7 Å². The fourth-order valence-electron chi connectivity index (χ4n) is 3.19. The average molecular weight is 289 g/mol. The molecule has 0 aromatic heterocycles. The molecule has 19 heavy (non-hydrogen) atoms. The number of hydrogen-bond acceptors (Lipinski definition) is 4. The fraction of sp³-hybridized carbons (Fsp3) is 0.923. The van der Waals surface area contributed by atoms with E-state index in [0.717, 1.165) is 25.7 Å². The molecule has 1 saturated heterocycles. The van der Waals surface area contributed by atoms with E-state index in [1.165, 1.54) is 0 Å². The average Bonchev–Trinajstić information content (AvgIpc) is 2.97. The Kier molecular flexibility index (Phi) is 4.97. The van der Waals surface area contributed by atoms with Crippen LogP contribution in [-0.2, 0) is 19.6 Å². The van der Waals surface area contributed by atoms with E-state index < -0.39 is 10.0 Å². The molecule has 1 heterocycles. The van der Waals surface area contributed by atoms with Crippen molar-refractivity contribution in [2.75, 3.05) is 25.5 Å². The Bertz CT molecular complexity index is 420. The van der Waals surface area contributed by atoms with Gasteiger partial charge < -0.3 is 4.74 Å². The standard InChI is InChI=1S/C13H23NO4S/c1-2-18-9-10-19(16,17)14-8-4-6-12(14)11-5-3-7-13(11)15/h11-12H,2-10H2,1H3. The third-order valence-electron chi connectivity index (χ3n) is 4.11. The first-order valence-electron chi connectivity index (χ1n) is 7.16. The van der Waals surface area contributed by atoms with E-state index in [9.17, 15) is 13.2 Å². The summed E-state index contributed by atoms with van der Waals surface area (Å²) in [5.74, 6) is 0.208. The Hall–Kier alpha value is -0.460. The summed E-state index contributed by atoms with van der Waals surface area (Å²) in [6.07, 6.45) is 4.06. The van der Waals surface area contributed by atoms with E-state index in [1.54, 1.807) is 4.31 Å². The van der Waals surface area contributed by atoms with Crippen molar-refractivity contribution in [3.8, 4) is 0 Å². The highest BCUT2D eigenvalue weighted by atomic mass is 32.2. The smallest absolute Gasteiger partial charge is 0.216 e. The van der Waals surface area contributed by atoms with Gasteiger partial charge in [0.25, 0.3) is 0 Å². The maximum Gasteiger partial charge on any atom is 0.216 e. The van der Waals surface area contributed by atoms with Crippen molar-refractivity contribution in [1.29, 1.82) is 0 Å². The summed E-state index contributed by atoms with van der Waals surface area (Å²) in [5, 5.41) is 0. The predicted molar refractivity (Wildman–Crippen MR) is 72.4 cm³/mol. The van der Waals surface area contributed by atoms with E-state index >= 15 is 0 Å². The number of rotatable bonds is 6. The van der Waals surface area contributed by atoms with E-state index in [2.05, 4.69) is 0 Å². The number of ketones is 1. The largest absolute Gasteiger partial charge is 0.381 e. The second kappa shape index (κ2) is 6.33. The molecule has 1 aliphatic carbocycles. The van der Waals surface area contributed by atoms with Crippen LogP contribution < -0.4 is 0 Å². The maximum atomic E-state index is 12.3. The predicted octanol–water partition coefficient (Wildman–Crippen LogP) is 1.19. The number of carbonyl (C=O) groups excluding carboxylic acids is 1. The van der Waals surface area contributed by atoms with Gasteiger partial charge in [0.2, 0.25) is 10.0 Å². The minimum atomic E-state index is -3.29. The van der Waals surface area contributed by atoms with E-state index in [-0.39, 0.29) is 30.1 Å². The number of nitrogens with zero attached hydrogens (tertiary/aromatic N) is 1. The van der Waals surface area contributed by atoms with E-state index in [0.29, 0.717) is 19.6 Å². The van der Waals surface area contributed by atoms with Crippen LogP contribution in [-0.4, -0.2) is 50.1 Å². The molecule has 0 bridgehead atoms. The molecular weight excluding hydrogens is 266 g/mol. The van der Waals surface area contributed by atoms with Gasteiger partial charge in [0.15, 0.2) is 0 Å². The Morgan fingerprint density at radius 2 is 2.11 bits per heavy atom. The quantitative estimate of drug-likeness (QED) is 0.689. The van der Waals surface area contributed by atoms with Gasteiger partial charge in [-0.1, -0.05) is 0 Å². The maximum absolute atomic E-state index is 12.3. The van der Waals surface area contributed by atoms with Gasteiger partial charge >= 0.3 is 0 Å². The summed E-state index contributed by atoms with van der Waals surface area (Å²) in [7, 11) is -3.29.